The van der Waals surface area contributed by atoms with Crippen LogP contribution in [0.2, 0.25) is 0 Å². The summed E-state index contributed by atoms with van der Waals surface area (Å²) in [6.45, 7) is 3.72. The number of pyridine rings is 1. The zero-order chi connectivity index (χ0) is 23.4. The Morgan fingerprint density at radius 1 is 1.24 bits per heavy atom. The number of likely N-dealkylation sites (tertiary alicyclic amines) is 1. The SMILES string of the molecule is O=C(O)CCCN1CCC(CCc2ccc3c(n2)NCCC3)(c2cccc(-n3cncn3)c2)C1. The number of hydrogen-bond acceptors (Lipinski definition) is 6. The highest BCUT2D eigenvalue weighted by Gasteiger charge is 2.39. The molecule has 3 aromatic rings. The van der Waals surface area contributed by atoms with E-state index in [1.807, 2.05) is 0 Å². The quantitative estimate of drug-likeness (QED) is 0.505. The van der Waals surface area contributed by atoms with Gasteiger partial charge in [-0.1, -0.05) is 18.2 Å². The average Bonchev–Trinajstić information content (AvgIpc) is 3.54. The smallest absolute Gasteiger partial charge is 0.303 e. The molecule has 0 radical (unpaired) electrons. The van der Waals surface area contributed by atoms with E-state index in [1.165, 1.54) is 11.1 Å². The maximum Gasteiger partial charge on any atom is 0.303 e. The Bertz CT molecular complexity index is 1130. The number of carbonyl (C=O) groups is 1. The third-order valence-corrected chi connectivity index (χ3v) is 7.25. The summed E-state index contributed by atoms with van der Waals surface area (Å²) in [6, 6.07) is 13.0. The van der Waals surface area contributed by atoms with Crippen molar-refractivity contribution in [3.05, 3.63) is 65.9 Å². The van der Waals surface area contributed by atoms with E-state index < -0.39 is 5.97 Å². The number of benzene rings is 1. The summed E-state index contributed by atoms with van der Waals surface area (Å²) in [6.07, 6.45) is 9.39. The molecular weight excluding hydrogens is 428 g/mol. The summed E-state index contributed by atoms with van der Waals surface area (Å²) >= 11 is 0. The molecule has 2 aliphatic rings. The zero-order valence-corrected chi connectivity index (χ0v) is 19.5. The Labute approximate surface area is 200 Å². The molecular formula is C26H32N6O2. The van der Waals surface area contributed by atoms with Crippen LogP contribution in [0.3, 0.4) is 0 Å². The fourth-order valence-corrected chi connectivity index (χ4v) is 5.38. The molecule has 1 fully saturated rings. The predicted molar refractivity (Wildman–Crippen MR) is 130 cm³/mol. The van der Waals surface area contributed by atoms with Crippen molar-refractivity contribution in [3.8, 4) is 5.69 Å². The van der Waals surface area contributed by atoms with Crippen LogP contribution in [0.1, 0.15) is 48.9 Å². The minimum absolute atomic E-state index is 0.00910. The van der Waals surface area contributed by atoms with Gasteiger partial charge in [0.15, 0.2) is 0 Å². The van der Waals surface area contributed by atoms with Crippen molar-refractivity contribution in [3.63, 3.8) is 0 Å². The molecule has 1 aromatic carbocycles. The van der Waals surface area contributed by atoms with Gasteiger partial charge in [-0.25, -0.2) is 14.6 Å². The van der Waals surface area contributed by atoms with Gasteiger partial charge in [-0.2, -0.15) is 5.10 Å². The molecule has 5 rings (SSSR count). The van der Waals surface area contributed by atoms with E-state index in [1.54, 1.807) is 17.3 Å². The zero-order valence-electron chi connectivity index (χ0n) is 19.5. The highest BCUT2D eigenvalue weighted by atomic mass is 16.4. The highest BCUT2D eigenvalue weighted by Crippen LogP contribution is 2.39. The van der Waals surface area contributed by atoms with Crippen molar-refractivity contribution in [2.24, 2.45) is 0 Å². The van der Waals surface area contributed by atoms with Crippen LogP contribution in [0.5, 0.6) is 0 Å². The van der Waals surface area contributed by atoms with E-state index in [2.05, 4.69) is 56.7 Å². The number of nitrogens with zero attached hydrogens (tertiary/aromatic N) is 5. The van der Waals surface area contributed by atoms with Gasteiger partial charge in [-0.15, -0.1) is 0 Å². The molecule has 1 saturated heterocycles. The van der Waals surface area contributed by atoms with Crippen LogP contribution < -0.4 is 5.32 Å². The molecule has 178 valence electrons. The van der Waals surface area contributed by atoms with E-state index >= 15 is 0 Å². The van der Waals surface area contributed by atoms with Crippen LogP contribution in [-0.4, -0.2) is 61.9 Å². The van der Waals surface area contributed by atoms with Gasteiger partial charge >= 0.3 is 5.97 Å². The molecule has 2 aliphatic heterocycles. The van der Waals surface area contributed by atoms with Gasteiger partial charge in [-0.3, -0.25) is 4.79 Å². The number of aryl methyl sites for hydroxylation is 2. The third-order valence-electron chi connectivity index (χ3n) is 7.25. The van der Waals surface area contributed by atoms with Crippen molar-refractivity contribution in [1.82, 2.24) is 24.6 Å². The van der Waals surface area contributed by atoms with Gasteiger partial charge in [0, 0.05) is 30.6 Å². The van der Waals surface area contributed by atoms with E-state index in [-0.39, 0.29) is 11.8 Å². The molecule has 0 bridgehead atoms. The fourth-order valence-electron chi connectivity index (χ4n) is 5.38. The van der Waals surface area contributed by atoms with E-state index in [0.717, 1.165) is 75.5 Å². The highest BCUT2D eigenvalue weighted by molar-refractivity contribution is 5.66. The number of rotatable bonds is 9. The van der Waals surface area contributed by atoms with Crippen molar-refractivity contribution < 1.29 is 9.90 Å². The largest absolute Gasteiger partial charge is 0.481 e. The molecule has 1 atom stereocenters. The van der Waals surface area contributed by atoms with Crippen molar-refractivity contribution in [2.75, 3.05) is 31.5 Å². The van der Waals surface area contributed by atoms with Gasteiger partial charge in [-0.05, 0) is 80.9 Å². The normalized spacial score (nSPS) is 20.1. The van der Waals surface area contributed by atoms with Gasteiger partial charge in [0.25, 0.3) is 0 Å². The third kappa shape index (κ3) is 4.97. The molecule has 1 unspecified atom stereocenters. The Kier molecular flexibility index (Phi) is 6.58. The first-order valence-corrected chi connectivity index (χ1v) is 12.2. The second-order valence-electron chi connectivity index (χ2n) is 9.53. The van der Waals surface area contributed by atoms with Crippen molar-refractivity contribution >= 4 is 11.8 Å². The van der Waals surface area contributed by atoms with Crippen LogP contribution in [0.15, 0.2) is 49.1 Å². The number of hydrogen-bond donors (Lipinski definition) is 2. The number of anilines is 1. The summed E-state index contributed by atoms with van der Waals surface area (Å²) in [5.41, 5.74) is 4.75. The molecule has 0 aliphatic carbocycles. The molecule has 2 aromatic heterocycles. The molecule has 8 nitrogen and oxygen atoms in total. The van der Waals surface area contributed by atoms with Crippen molar-refractivity contribution in [1.29, 1.82) is 0 Å². The maximum atomic E-state index is 11.0. The molecule has 2 N–H and O–H groups in total. The lowest BCUT2D eigenvalue weighted by molar-refractivity contribution is -0.137. The fraction of sp³-hybridized carbons (Fsp3) is 0.462. The number of aliphatic carboxylic acids is 1. The van der Waals surface area contributed by atoms with Crippen LogP contribution in [0.4, 0.5) is 5.82 Å². The summed E-state index contributed by atoms with van der Waals surface area (Å²) in [7, 11) is 0. The Balaban J connectivity index is 1.38. The predicted octanol–water partition coefficient (Wildman–Crippen LogP) is 3.46. The lowest BCUT2D eigenvalue weighted by Gasteiger charge is -2.31. The van der Waals surface area contributed by atoms with E-state index in [4.69, 9.17) is 10.1 Å². The van der Waals surface area contributed by atoms with Crippen LogP contribution >= 0.6 is 0 Å². The van der Waals surface area contributed by atoms with E-state index in [9.17, 15) is 4.79 Å². The molecule has 0 amide bonds. The molecule has 8 heteroatoms. The standard InChI is InChI=1S/C26H32N6O2/c33-24(34)7-3-14-31-15-12-26(17-31,21-5-1-6-23(16-21)32-19-27-18-29-32)11-10-22-9-8-20-4-2-13-28-25(20)30-22/h1,5-6,8-9,16,18-19H,2-4,7,10-15,17H2,(H,28,30)(H,33,34). The Morgan fingerprint density at radius 3 is 3.03 bits per heavy atom. The number of nitrogens with one attached hydrogen (secondary N) is 1. The van der Waals surface area contributed by atoms with Gasteiger partial charge in [0.1, 0.15) is 18.5 Å². The number of fused-ring (bicyclic) bond motifs is 1. The first-order chi connectivity index (χ1) is 16.6. The molecule has 0 saturated carbocycles. The number of carboxylic acid groups (broad SMARTS) is 1. The monoisotopic (exact) mass is 460 g/mol. The molecule has 4 heterocycles. The van der Waals surface area contributed by atoms with E-state index in [0.29, 0.717) is 6.42 Å². The van der Waals surface area contributed by atoms with Gasteiger partial charge in [0.2, 0.25) is 0 Å². The minimum atomic E-state index is -0.724. The Morgan fingerprint density at radius 2 is 2.18 bits per heavy atom. The van der Waals surface area contributed by atoms with Gasteiger partial charge in [0.05, 0.1) is 5.69 Å². The maximum absolute atomic E-state index is 11.0. The lowest BCUT2D eigenvalue weighted by atomic mass is 9.75. The summed E-state index contributed by atoms with van der Waals surface area (Å²) in [4.78, 5) is 22.4. The minimum Gasteiger partial charge on any atom is -0.481 e. The number of carboxylic acids is 1. The Hall–Kier alpha value is -3.26. The topological polar surface area (TPSA) is 96.2 Å². The summed E-state index contributed by atoms with van der Waals surface area (Å²) in [5.74, 6) is 0.325. The van der Waals surface area contributed by atoms with Crippen LogP contribution in [-0.2, 0) is 23.1 Å². The second-order valence-corrected chi connectivity index (χ2v) is 9.53. The van der Waals surface area contributed by atoms with Crippen LogP contribution in [0, 0.1) is 0 Å². The summed E-state index contributed by atoms with van der Waals surface area (Å²) in [5, 5.41) is 16.8. The molecule has 0 spiro atoms. The van der Waals surface area contributed by atoms with Crippen molar-refractivity contribution in [2.45, 2.75) is 50.4 Å². The van der Waals surface area contributed by atoms with Gasteiger partial charge < -0.3 is 15.3 Å². The lowest BCUT2D eigenvalue weighted by Crippen LogP contribution is -2.32. The number of aromatic nitrogens is 4. The first-order valence-electron chi connectivity index (χ1n) is 12.2. The first kappa shape index (κ1) is 22.5. The summed E-state index contributed by atoms with van der Waals surface area (Å²) < 4.78 is 1.80. The molecule has 34 heavy (non-hydrogen) atoms. The second kappa shape index (κ2) is 9.93. The average molecular weight is 461 g/mol. The van der Waals surface area contributed by atoms with Crippen LogP contribution in [0.25, 0.3) is 5.69 Å².